The molecule has 0 radical (unpaired) electrons. The normalized spacial score (nSPS) is 9.80. The minimum Gasteiger partial charge on any atom is -0.296 e. The molecule has 0 N–H and O–H groups in total. The number of aldehydes is 1. The maximum Gasteiger partial charge on any atom is 0.168 e. The van der Waals surface area contributed by atoms with E-state index >= 15 is 0 Å². The summed E-state index contributed by atoms with van der Waals surface area (Å²) in [6.45, 7) is 2.01. The molecule has 0 aliphatic carbocycles. The molecule has 0 amide bonds. The van der Waals surface area contributed by atoms with Crippen molar-refractivity contribution in [3.8, 4) is 0 Å². The van der Waals surface area contributed by atoms with Crippen LogP contribution < -0.4 is 0 Å². The second-order valence-corrected chi connectivity index (χ2v) is 2.16. The fourth-order valence-electron chi connectivity index (χ4n) is 0.826. The van der Waals surface area contributed by atoms with E-state index < -0.39 is 0 Å². The molecule has 0 saturated heterocycles. The molecule has 54 valence electrons. The molecule has 3 heteroatoms. The number of carbonyl (C=O) groups is 1. The van der Waals surface area contributed by atoms with Gasteiger partial charge >= 0.3 is 0 Å². The van der Waals surface area contributed by atoms with Gasteiger partial charge in [0.1, 0.15) is 5.69 Å². The molecule has 0 aromatic carbocycles. The standard InChI is InChI=1S/C7H10N2O/c1-3-6-4-7(5-10)9(2)8-6/h4-5H,3H2,1-2H3. The van der Waals surface area contributed by atoms with Gasteiger partial charge in [-0.05, 0) is 12.5 Å². The van der Waals surface area contributed by atoms with E-state index in [0.717, 1.165) is 18.4 Å². The summed E-state index contributed by atoms with van der Waals surface area (Å²) in [5, 5.41) is 4.09. The van der Waals surface area contributed by atoms with Gasteiger partial charge in [0.2, 0.25) is 0 Å². The smallest absolute Gasteiger partial charge is 0.168 e. The zero-order valence-electron chi connectivity index (χ0n) is 6.16. The molecule has 1 heterocycles. The fourth-order valence-corrected chi connectivity index (χ4v) is 0.826. The summed E-state index contributed by atoms with van der Waals surface area (Å²) in [6.07, 6.45) is 1.69. The fraction of sp³-hybridized carbons (Fsp3) is 0.429. The Bertz CT molecular complexity index is 240. The number of rotatable bonds is 2. The minimum absolute atomic E-state index is 0.636. The maximum absolute atomic E-state index is 10.3. The molecule has 10 heavy (non-hydrogen) atoms. The van der Waals surface area contributed by atoms with Crippen molar-refractivity contribution < 1.29 is 4.79 Å². The summed E-state index contributed by atoms with van der Waals surface area (Å²) < 4.78 is 1.59. The number of hydrogen-bond acceptors (Lipinski definition) is 2. The zero-order chi connectivity index (χ0) is 7.56. The average Bonchev–Trinajstić information content (AvgIpc) is 2.30. The number of carbonyl (C=O) groups excluding carboxylic acids is 1. The van der Waals surface area contributed by atoms with E-state index in [-0.39, 0.29) is 0 Å². The Morgan fingerprint density at radius 2 is 2.50 bits per heavy atom. The first-order valence-electron chi connectivity index (χ1n) is 3.26. The van der Waals surface area contributed by atoms with E-state index in [4.69, 9.17) is 0 Å². The largest absolute Gasteiger partial charge is 0.296 e. The van der Waals surface area contributed by atoms with Crippen molar-refractivity contribution in [1.29, 1.82) is 0 Å². The summed E-state index contributed by atoms with van der Waals surface area (Å²) in [6, 6.07) is 1.80. The predicted octanol–water partition coefficient (Wildman–Crippen LogP) is 0.795. The Balaban J connectivity index is 3.03. The van der Waals surface area contributed by atoms with Gasteiger partial charge in [-0.1, -0.05) is 6.92 Å². The predicted molar refractivity (Wildman–Crippen MR) is 38.0 cm³/mol. The zero-order valence-corrected chi connectivity index (χ0v) is 6.16. The lowest BCUT2D eigenvalue weighted by Crippen LogP contribution is -1.95. The van der Waals surface area contributed by atoms with Crippen molar-refractivity contribution >= 4 is 6.29 Å². The lowest BCUT2D eigenvalue weighted by molar-refractivity contribution is 0.111. The first-order valence-corrected chi connectivity index (χ1v) is 3.26. The van der Waals surface area contributed by atoms with Gasteiger partial charge in [0.15, 0.2) is 6.29 Å². The van der Waals surface area contributed by atoms with Gasteiger partial charge in [0.25, 0.3) is 0 Å². The van der Waals surface area contributed by atoms with E-state index in [9.17, 15) is 4.79 Å². The second kappa shape index (κ2) is 2.64. The summed E-state index contributed by atoms with van der Waals surface area (Å²) in [5.41, 5.74) is 1.60. The quantitative estimate of drug-likeness (QED) is 0.566. The average molecular weight is 138 g/mol. The van der Waals surface area contributed by atoms with E-state index in [1.807, 2.05) is 6.92 Å². The topological polar surface area (TPSA) is 34.9 Å². The van der Waals surface area contributed by atoms with Gasteiger partial charge < -0.3 is 0 Å². The summed E-state index contributed by atoms with van der Waals surface area (Å²) >= 11 is 0. The van der Waals surface area contributed by atoms with E-state index in [2.05, 4.69) is 5.10 Å². The van der Waals surface area contributed by atoms with Crippen LogP contribution in [-0.2, 0) is 13.5 Å². The van der Waals surface area contributed by atoms with Crippen LogP contribution in [0.2, 0.25) is 0 Å². The Kier molecular flexibility index (Phi) is 1.85. The molecule has 0 aliphatic heterocycles. The van der Waals surface area contributed by atoms with Crippen molar-refractivity contribution in [2.45, 2.75) is 13.3 Å². The van der Waals surface area contributed by atoms with Gasteiger partial charge in [-0.25, -0.2) is 0 Å². The molecule has 0 fully saturated rings. The third-order valence-corrected chi connectivity index (χ3v) is 1.45. The third kappa shape index (κ3) is 1.07. The van der Waals surface area contributed by atoms with Gasteiger partial charge in [-0.2, -0.15) is 5.10 Å². The summed E-state index contributed by atoms with van der Waals surface area (Å²) in [4.78, 5) is 10.3. The van der Waals surface area contributed by atoms with Crippen LogP contribution in [0.4, 0.5) is 0 Å². The lowest BCUT2D eigenvalue weighted by atomic mass is 10.3. The molecule has 3 nitrogen and oxygen atoms in total. The van der Waals surface area contributed by atoms with Crippen molar-refractivity contribution in [1.82, 2.24) is 9.78 Å². The molecular weight excluding hydrogens is 128 g/mol. The van der Waals surface area contributed by atoms with Gasteiger partial charge in [-0.15, -0.1) is 0 Å². The number of aromatic nitrogens is 2. The Hall–Kier alpha value is -1.12. The van der Waals surface area contributed by atoms with Crippen molar-refractivity contribution in [2.75, 3.05) is 0 Å². The number of hydrogen-bond donors (Lipinski definition) is 0. The monoisotopic (exact) mass is 138 g/mol. The molecule has 0 bridgehead atoms. The van der Waals surface area contributed by atoms with E-state index in [1.54, 1.807) is 17.8 Å². The maximum atomic E-state index is 10.3. The van der Waals surface area contributed by atoms with Crippen LogP contribution in [0, 0.1) is 0 Å². The van der Waals surface area contributed by atoms with Gasteiger partial charge in [0, 0.05) is 7.05 Å². The highest BCUT2D eigenvalue weighted by molar-refractivity contribution is 5.72. The molecule has 0 atom stereocenters. The molecular formula is C7H10N2O. The highest BCUT2D eigenvalue weighted by Gasteiger charge is 1.99. The van der Waals surface area contributed by atoms with Crippen LogP contribution in [0.1, 0.15) is 23.1 Å². The molecule has 1 aromatic rings. The van der Waals surface area contributed by atoms with Crippen LogP contribution in [0.15, 0.2) is 6.07 Å². The van der Waals surface area contributed by atoms with Crippen LogP contribution in [0.25, 0.3) is 0 Å². The first kappa shape index (κ1) is 6.99. The van der Waals surface area contributed by atoms with Crippen LogP contribution in [-0.4, -0.2) is 16.1 Å². The molecule has 0 saturated carbocycles. The minimum atomic E-state index is 0.636. The molecule has 1 aromatic heterocycles. The number of nitrogens with zero attached hydrogens (tertiary/aromatic N) is 2. The Labute approximate surface area is 59.7 Å². The number of aryl methyl sites for hydroxylation is 2. The highest BCUT2D eigenvalue weighted by atomic mass is 16.1. The first-order chi connectivity index (χ1) is 4.77. The lowest BCUT2D eigenvalue weighted by Gasteiger charge is -1.87. The van der Waals surface area contributed by atoms with Crippen molar-refractivity contribution in [2.24, 2.45) is 7.05 Å². The molecule has 0 spiro atoms. The third-order valence-electron chi connectivity index (χ3n) is 1.45. The second-order valence-electron chi connectivity index (χ2n) is 2.16. The Morgan fingerprint density at radius 3 is 2.80 bits per heavy atom. The van der Waals surface area contributed by atoms with Crippen LogP contribution in [0.3, 0.4) is 0 Å². The Morgan fingerprint density at radius 1 is 1.80 bits per heavy atom. The van der Waals surface area contributed by atoms with E-state index in [1.165, 1.54) is 0 Å². The van der Waals surface area contributed by atoms with Crippen LogP contribution in [0.5, 0.6) is 0 Å². The van der Waals surface area contributed by atoms with Crippen molar-refractivity contribution in [3.63, 3.8) is 0 Å². The summed E-state index contributed by atoms with van der Waals surface area (Å²) in [5.74, 6) is 0. The molecule has 1 rings (SSSR count). The van der Waals surface area contributed by atoms with Gasteiger partial charge in [-0.3, -0.25) is 9.48 Å². The van der Waals surface area contributed by atoms with Gasteiger partial charge in [0.05, 0.1) is 5.69 Å². The molecule has 0 aliphatic rings. The van der Waals surface area contributed by atoms with Crippen LogP contribution >= 0.6 is 0 Å². The highest BCUT2D eigenvalue weighted by Crippen LogP contribution is 1.99. The van der Waals surface area contributed by atoms with E-state index in [0.29, 0.717) is 5.69 Å². The van der Waals surface area contributed by atoms with Crippen molar-refractivity contribution in [3.05, 3.63) is 17.5 Å². The SMILES string of the molecule is CCc1cc(C=O)n(C)n1. The molecule has 0 unspecified atom stereocenters. The summed E-state index contributed by atoms with van der Waals surface area (Å²) in [7, 11) is 1.77.